The number of carbonyl (C=O) groups excluding carboxylic acids is 1. The molecule has 4 heteroatoms. The number of aliphatic carboxylic acids is 1. The summed E-state index contributed by atoms with van der Waals surface area (Å²) >= 11 is 0. The van der Waals surface area contributed by atoms with Gasteiger partial charge in [-0.05, 0) is 19.4 Å². The minimum absolute atomic E-state index is 0.138. The summed E-state index contributed by atoms with van der Waals surface area (Å²) in [7, 11) is 0. The average molecular weight is 247 g/mol. The minimum atomic E-state index is -0.953. The molecule has 1 aromatic carbocycles. The molecule has 0 saturated carbocycles. The van der Waals surface area contributed by atoms with Crippen LogP contribution in [0.3, 0.4) is 0 Å². The van der Waals surface area contributed by atoms with Crippen LogP contribution in [-0.2, 0) is 9.59 Å². The molecule has 1 rings (SSSR count). The van der Waals surface area contributed by atoms with Gasteiger partial charge in [-0.3, -0.25) is 9.59 Å². The Morgan fingerprint density at radius 2 is 1.83 bits per heavy atom. The van der Waals surface area contributed by atoms with Crippen LogP contribution in [0.15, 0.2) is 36.9 Å². The van der Waals surface area contributed by atoms with E-state index in [4.69, 9.17) is 5.11 Å². The van der Waals surface area contributed by atoms with E-state index in [1.807, 2.05) is 18.2 Å². The molecule has 0 radical (unpaired) electrons. The van der Waals surface area contributed by atoms with Gasteiger partial charge in [-0.1, -0.05) is 36.9 Å². The van der Waals surface area contributed by atoms with Crippen LogP contribution < -0.4 is 5.32 Å². The Bertz CT molecular complexity index is 463. The summed E-state index contributed by atoms with van der Waals surface area (Å²) in [5.41, 5.74) is 0.246. The molecule has 0 aromatic heterocycles. The van der Waals surface area contributed by atoms with Gasteiger partial charge in [0.1, 0.15) is 0 Å². The van der Waals surface area contributed by atoms with E-state index >= 15 is 0 Å². The Balaban J connectivity index is 2.72. The molecule has 0 fully saturated rings. The average Bonchev–Trinajstić information content (AvgIpc) is 2.26. The number of carbonyl (C=O) groups is 2. The van der Waals surface area contributed by atoms with E-state index in [2.05, 4.69) is 11.9 Å². The molecule has 0 bridgehead atoms. The maximum absolute atomic E-state index is 11.9. The molecule has 0 spiro atoms. The van der Waals surface area contributed by atoms with Gasteiger partial charge in [0.25, 0.3) is 5.91 Å². The van der Waals surface area contributed by atoms with Crippen molar-refractivity contribution in [1.82, 2.24) is 5.32 Å². The molecule has 0 saturated heterocycles. The summed E-state index contributed by atoms with van der Waals surface area (Å²) in [5.74, 6) is -1.31. The first-order chi connectivity index (χ1) is 8.32. The monoisotopic (exact) mass is 247 g/mol. The van der Waals surface area contributed by atoms with Gasteiger partial charge in [-0.25, -0.2) is 0 Å². The van der Waals surface area contributed by atoms with Crippen LogP contribution in [0, 0.1) is 0 Å². The van der Waals surface area contributed by atoms with Crippen molar-refractivity contribution >= 4 is 17.4 Å². The van der Waals surface area contributed by atoms with Gasteiger partial charge in [-0.15, -0.1) is 0 Å². The highest BCUT2D eigenvalue weighted by Gasteiger charge is 2.24. The van der Waals surface area contributed by atoms with E-state index in [-0.39, 0.29) is 12.3 Å². The first kappa shape index (κ1) is 14.0. The standard InChI is InChI=1S/C14H17NO3/c1-10(11-7-5-4-6-8-11)13(18)15-14(2,3)9-12(16)17/h4-8H,1,9H2,2-3H3,(H,15,18)(H,16,17). The second kappa shape index (κ2) is 5.49. The Kier molecular flexibility index (Phi) is 4.26. The number of hydrogen-bond donors (Lipinski definition) is 2. The van der Waals surface area contributed by atoms with Gasteiger partial charge in [0, 0.05) is 11.1 Å². The zero-order valence-electron chi connectivity index (χ0n) is 10.6. The van der Waals surface area contributed by atoms with E-state index < -0.39 is 11.5 Å². The van der Waals surface area contributed by atoms with Crippen molar-refractivity contribution in [2.24, 2.45) is 0 Å². The Morgan fingerprint density at radius 3 is 2.33 bits per heavy atom. The Labute approximate surface area is 106 Å². The normalized spacial score (nSPS) is 10.8. The van der Waals surface area contributed by atoms with Crippen LogP contribution in [0.5, 0.6) is 0 Å². The molecule has 0 atom stereocenters. The van der Waals surface area contributed by atoms with Crippen LogP contribution in [0.2, 0.25) is 0 Å². The number of nitrogens with one attached hydrogen (secondary N) is 1. The summed E-state index contributed by atoms with van der Waals surface area (Å²) < 4.78 is 0. The van der Waals surface area contributed by atoms with Crippen molar-refractivity contribution in [3.05, 3.63) is 42.5 Å². The van der Waals surface area contributed by atoms with E-state index in [9.17, 15) is 9.59 Å². The van der Waals surface area contributed by atoms with E-state index in [1.54, 1.807) is 26.0 Å². The summed E-state index contributed by atoms with van der Waals surface area (Å²) in [6.07, 6.45) is -0.138. The SMILES string of the molecule is C=C(C(=O)NC(C)(C)CC(=O)O)c1ccccc1. The molecular weight excluding hydrogens is 230 g/mol. The van der Waals surface area contributed by atoms with Crippen LogP contribution in [0.4, 0.5) is 0 Å². The molecule has 1 amide bonds. The van der Waals surface area contributed by atoms with E-state index in [0.717, 1.165) is 5.56 Å². The third kappa shape index (κ3) is 4.05. The number of carboxylic acids is 1. The maximum atomic E-state index is 11.9. The molecule has 0 aliphatic rings. The molecule has 96 valence electrons. The lowest BCUT2D eigenvalue weighted by atomic mass is 9.99. The molecule has 1 aromatic rings. The van der Waals surface area contributed by atoms with Crippen molar-refractivity contribution < 1.29 is 14.7 Å². The highest BCUT2D eigenvalue weighted by atomic mass is 16.4. The number of amides is 1. The lowest BCUT2D eigenvalue weighted by molar-refractivity contribution is -0.138. The summed E-state index contributed by atoms with van der Waals surface area (Å²) in [6, 6.07) is 9.05. The van der Waals surface area contributed by atoms with Gasteiger partial charge >= 0.3 is 5.97 Å². The second-order valence-electron chi connectivity index (χ2n) is 4.75. The van der Waals surface area contributed by atoms with Gasteiger partial charge in [0.05, 0.1) is 6.42 Å². The summed E-state index contributed by atoms with van der Waals surface area (Å²) in [5, 5.41) is 11.4. The third-order valence-electron chi connectivity index (χ3n) is 2.44. The van der Waals surface area contributed by atoms with Gasteiger partial charge in [-0.2, -0.15) is 0 Å². The fourth-order valence-electron chi connectivity index (χ4n) is 1.58. The maximum Gasteiger partial charge on any atom is 0.305 e. The van der Waals surface area contributed by atoms with Gasteiger partial charge < -0.3 is 10.4 Å². The quantitative estimate of drug-likeness (QED) is 0.783. The zero-order chi connectivity index (χ0) is 13.8. The minimum Gasteiger partial charge on any atom is -0.481 e. The van der Waals surface area contributed by atoms with Crippen molar-refractivity contribution in [1.29, 1.82) is 0 Å². The number of carboxylic acid groups (broad SMARTS) is 1. The molecule has 4 nitrogen and oxygen atoms in total. The number of rotatable bonds is 5. The molecule has 0 aliphatic carbocycles. The van der Waals surface area contributed by atoms with Gasteiger partial charge in [0.2, 0.25) is 0 Å². The molecule has 0 heterocycles. The van der Waals surface area contributed by atoms with Crippen molar-refractivity contribution in [2.45, 2.75) is 25.8 Å². The van der Waals surface area contributed by atoms with Crippen molar-refractivity contribution in [3.63, 3.8) is 0 Å². The van der Waals surface area contributed by atoms with Crippen molar-refractivity contribution in [2.75, 3.05) is 0 Å². The second-order valence-corrected chi connectivity index (χ2v) is 4.75. The van der Waals surface area contributed by atoms with Crippen LogP contribution >= 0.6 is 0 Å². The van der Waals surface area contributed by atoms with Crippen LogP contribution in [0.25, 0.3) is 5.57 Å². The molecule has 2 N–H and O–H groups in total. The predicted octanol–water partition coefficient (Wildman–Crippen LogP) is 2.07. The predicted molar refractivity (Wildman–Crippen MR) is 70.0 cm³/mol. The van der Waals surface area contributed by atoms with Crippen LogP contribution in [-0.4, -0.2) is 22.5 Å². The lowest BCUT2D eigenvalue weighted by Crippen LogP contribution is -2.45. The van der Waals surface area contributed by atoms with Gasteiger partial charge in [0.15, 0.2) is 0 Å². The smallest absolute Gasteiger partial charge is 0.305 e. The Morgan fingerprint density at radius 1 is 1.28 bits per heavy atom. The van der Waals surface area contributed by atoms with Crippen molar-refractivity contribution in [3.8, 4) is 0 Å². The highest BCUT2D eigenvalue weighted by Crippen LogP contribution is 2.15. The molecule has 18 heavy (non-hydrogen) atoms. The third-order valence-corrected chi connectivity index (χ3v) is 2.44. The lowest BCUT2D eigenvalue weighted by Gasteiger charge is -2.24. The van der Waals surface area contributed by atoms with Crippen LogP contribution in [0.1, 0.15) is 25.8 Å². The van der Waals surface area contributed by atoms with E-state index in [1.165, 1.54) is 0 Å². The fourth-order valence-corrected chi connectivity index (χ4v) is 1.58. The topological polar surface area (TPSA) is 66.4 Å². The summed E-state index contributed by atoms with van der Waals surface area (Å²) in [6.45, 7) is 7.06. The first-order valence-electron chi connectivity index (χ1n) is 5.60. The Hall–Kier alpha value is -2.10. The fraction of sp³-hybridized carbons (Fsp3) is 0.286. The molecule has 0 aliphatic heterocycles. The molecular formula is C14H17NO3. The first-order valence-corrected chi connectivity index (χ1v) is 5.60. The summed E-state index contributed by atoms with van der Waals surface area (Å²) in [4.78, 5) is 22.6. The molecule has 0 unspecified atom stereocenters. The number of hydrogen-bond acceptors (Lipinski definition) is 2. The zero-order valence-corrected chi connectivity index (χ0v) is 10.6. The largest absolute Gasteiger partial charge is 0.481 e. The highest BCUT2D eigenvalue weighted by molar-refractivity contribution is 6.18. The number of benzene rings is 1. The van der Waals surface area contributed by atoms with E-state index in [0.29, 0.717) is 5.57 Å².